The maximum atomic E-state index is 6.81. The molecular weight excluding hydrogens is 504 g/mol. The summed E-state index contributed by atoms with van der Waals surface area (Å²) in [5, 5.41) is 0. The third-order valence-electron chi connectivity index (χ3n) is 8.66. The quantitative estimate of drug-likeness (QED) is 0.233. The van der Waals surface area contributed by atoms with E-state index in [1.165, 1.54) is 27.8 Å². The molecule has 5 aromatic rings. The minimum Gasteiger partial charge on any atom is -0.457 e. The third kappa shape index (κ3) is 3.14. The molecule has 0 saturated heterocycles. The molecule has 0 saturated carbocycles. The van der Waals surface area contributed by atoms with Gasteiger partial charge in [-0.1, -0.05) is 84.9 Å². The number of hydrogen-bond donors (Lipinski definition) is 0. The Hall–Kier alpha value is -5.28. The molecular formula is C38H24O3. The smallest absolute Gasteiger partial charge is 0.135 e. The molecule has 1 unspecified atom stereocenters. The van der Waals surface area contributed by atoms with Crippen LogP contribution in [0.15, 0.2) is 151 Å². The van der Waals surface area contributed by atoms with Crippen molar-refractivity contribution in [2.45, 2.75) is 11.8 Å². The lowest BCUT2D eigenvalue weighted by atomic mass is 9.64. The van der Waals surface area contributed by atoms with Crippen molar-refractivity contribution in [3.63, 3.8) is 0 Å². The average molecular weight is 529 g/mol. The Morgan fingerprint density at radius 2 is 1.32 bits per heavy atom. The minimum absolute atomic E-state index is 0.500. The van der Waals surface area contributed by atoms with Gasteiger partial charge in [-0.05, 0) is 70.6 Å². The molecule has 1 spiro atoms. The van der Waals surface area contributed by atoms with Crippen LogP contribution in [0.1, 0.15) is 28.7 Å². The first-order chi connectivity index (χ1) is 20.3. The fourth-order valence-electron chi connectivity index (χ4n) is 6.97. The van der Waals surface area contributed by atoms with Crippen LogP contribution in [0.3, 0.4) is 0 Å². The van der Waals surface area contributed by atoms with Gasteiger partial charge in [0.1, 0.15) is 34.5 Å². The molecule has 194 valence electrons. The fourth-order valence-corrected chi connectivity index (χ4v) is 6.97. The molecule has 0 amide bonds. The van der Waals surface area contributed by atoms with Gasteiger partial charge in [-0.3, -0.25) is 0 Å². The predicted octanol–water partition coefficient (Wildman–Crippen LogP) is 9.20. The molecule has 1 aliphatic heterocycles. The Morgan fingerprint density at radius 1 is 0.585 bits per heavy atom. The highest BCUT2D eigenvalue weighted by Gasteiger charge is 2.53. The molecule has 4 aliphatic rings. The van der Waals surface area contributed by atoms with Gasteiger partial charge < -0.3 is 14.2 Å². The lowest BCUT2D eigenvalue weighted by Gasteiger charge is -2.41. The summed E-state index contributed by atoms with van der Waals surface area (Å²) in [7, 11) is 0. The molecule has 3 heteroatoms. The van der Waals surface area contributed by atoms with E-state index in [-0.39, 0.29) is 0 Å². The number of benzene rings is 5. The predicted molar refractivity (Wildman–Crippen MR) is 160 cm³/mol. The lowest BCUT2D eigenvalue weighted by molar-refractivity contribution is 0.378. The van der Waals surface area contributed by atoms with E-state index in [9.17, 15) is 0 Å². The van der Waals surface area contributed by atoms with Crippen LogP contribution < -0.4 is 14.2 Å². The zero-order chi connectivity index (χ0) is 27.0. The van der Waals surface area contributed by atoms with Crippen molar-refractivity contribution in [1.29, 1.82) is 0 Å². The fraction of sp³-hybridized carbons (Fsp3) is 0.0526. The SMILES string of the molecule is C1=C2Oc3cc(Oc4ccccc4)ccc3C34C2=CCC(=C1Oc1ccccc1)c1ccc(c3c1)-c1ccccc14. The Bertz CT molecular complexity index is 1980. The first-order valence-corrected chi connectivity index (χ1v) is 14.0. The summed E-state index contributed by atoms with van der Waals surface area (Å²) < 4.78 is 19.6. The zero-order valence-corrected chi connectivity index (χ0v) is 22.1. The second-order valence-corrected chi connectivity index (χ2v) is 10.8. The highest BCUT2D eigenvalue weighted by atomic mass is 16.5. The van der Waals surface area contributed by atoms with Crippen LogP contribution >= 0.6 is 0 Å². The molecule has 0 radical (unpaired) electrons. The number of hydrogen-bond acceptors (Lipinski definition) is 3. The topological polar surface area (TPSA) is 27.7 Å². The van der Waals surface area contributed by atoms with Crippen molar-refractivity contribution < 1.29 is 14.2 Å². The first-order valence-electron chi connectivity index (χ1n) is 14.0. The molecule has 0 fully saturated rings. The summed E-state index contributed by atoms with van der Waals surface area (Å²) in [5.41, 5.74) is 9.21. The number of ether oxygens (including phenoxy) is 3. The van der Waals surface area contributed by atoms with Crippen molar-refractivity contribution in [2.24, 2.45) is 0 Å². The summed E-state index contributed by atoms with van der Waals surface area (Å²) >= 11 is 0. The Morgan fingerprint density at radius 3 is 2.15 bits per heavy atom. The normalized spacial score (nSPS) is 18.6. The van der Waals surface area contributed by atoms with Crippen molar-refractivity contribution in [3.8, 4) is 34.1 Å². The summed E-state index contributed by atoms with van der Waals surface area (Å²) in [4.78, 5) is 0. The molecule has 0 N–H and O–H groups in total. The summed E-state index contributed by atoms with van der Waals surface area (Å²) in [5.74, 6) is 4.73. The molecule has 5 aromatic carbocycles. The number of allylic oxidation sites excluding steroid dienone is 4. The largest absolute Gasteiger partial charge is 0.457 e. The van der Waals surface area contributed by atoms with Crippen molar-refractivity contribution in [3.05, 3.63) is 173 Å². The maximum absolute atomic E-state index is 6.81. The molecule has 1 heterocycles. The van der Waals surface area contributed by atoms with E-state index >= 15 is 0 Å². The van der Waals surface area contributed by atoms with E-state index in [1.54, 1.807) is 0 Å². The van der Waals surface area contributed by atoms with Crippen LogP contribution in [-0.4, -0.2) is 0 Å². The summed E-state index contributed by atoms with van der Waals surface area (Å²) in [6.07, 6.45) is 5.19. The van der Waals surface area contributed by atoms with Gasteiger partial charge in [-0.25, -0.2) is 0 Å². The average Bonchev–Trinajstić information content (AvgIpc) is 3.15. The zero-order valence-electron chi connectivity index (χ0n) is 22.1. The van der Waals surface area contributed by atoms with Gasteiger partial charge in [0.25, 0.3) is 0 Å². The number of fused-ring (bicyclic) bond motifs is 7. The van der Waals surface area contributed by atoms with Gasteiger partial charge >= 0.3 is 0 Å². The van der Waals surface area contributed by atoms with Gasteiger partial charge in [0.05, 0.1) is 5.41 Å². The van der Waals surface area contributed by atoms with Crippen LogP contribution in [-0.2, 0) is 5.41 Å². The van der Waals surface area contributed by atoms with E-state index in [1.807, 2.05) is 66.7 Å². The molecule has 41 heavy (non-hydrogen) atoms. The molecule has 3 aliphatic carbocycles. The Kier molecular flexibility index (Phi) is 4.59. The molecule has 9 rings (SSSR count). The lowest BCUT2D eigenvalue weighted by Crippen LogP contribution is -2.35. The van der Waals surface area contributed by atoms with E-state index in [4.69, 9.17) is 14.2 Å². The standard InChI is InChI=1S/C38H24O3/c1-3-9-25(10-4-1)39-27-16-19-32-36(22-27)41-37-23-35(40-26-11-5-2-6-12-26)28-18-20-33(37)38(32)31-14-8-7-13-29(31)30-17-15-24(28)21-34(30)38/h1-17,19-23H,18H2. The second kappa shape index (κ2) is 8.36. The molecule has 0 aromatic heterocycles. The highest BCUT2D eigenvalue weighted by Crippen LogP contribution is 2.63. The molecule has 4 bridgehead atoms. The van der Waals surface area contributed by atoms with Crippen LogP contribution in [0.4, 0.5) is 0 Å². The van der Waals surface area contributed by atoms with E-state index in [2.05, 4.69) is 66.7 Å². The van der Waals surface area contributed by atoms with Gasteiger partial charge in [-0.2, -0.15) is 0 Å². The summed E-state index contributed by atoms with van der Waals surface area (Å²) in [6.45, 7) is 0. The van der Waals surface area contributed by atoms with Crippen LogP contribution in [0, 0.1) is 0 Å². The van der Waals surface area contributed by atoms with Crippen molar-refractivity contribution in [2.75, 3.05) is 0 Å². The molecule has 3 nitrogen and oxygen atoms in total. The highest BCUT2D eigenvalue weighted by molar-refractivity contribution is 5.92. The summed E-state index contributed by atoms with van der Waals surface area (Å²) in [6, 6.07) is 41.8. The van der Waals surface area contributed by atoms with Crippen molar-refractivity contribution in [1.82, 2.24) is 0 Å². The van der Waals surface area contributed by atoms with Gasteiger partial charge in [-0.15, -0.1) is 0 Å². The van der Waals surface area contributed by atoms with E-state index in [0.29, 0.717) is 0 Å². The van der Waals surface area contributed by atoms with Crippen molar-refractivity contribution >= 4 is 5.57 Å². The second-order valence-electron chi connectivity index (χ2n) is 10.8. The number of rotatable bonds is 4. The van der Waals surface area contributed by atoms with Gasteiger partial charge in [0.15, 0.2) is 0 Å². The van der Waals surface area contributed by atoms with E-state index < -0.39 is 5.41 Å². The minimum atomic E-state index is -0.500. The first kappa shape index (κ1) is 22.5. The Balaban J connectivity index is 1.32. The Labute approximate surface area is 238 Å². The van der Waals surface area contributed by atoms with Gasteiger partial charge in [0.2, 0.25) is 0 Å². The molecule has 1 atom stereocenters. The monoisotopic (exact) mass is 528 g/mol. The van der Waals surface area contributed by atoms with E-state index in [0.717, 1.165) is 57.6 Å². The van der Waals surface area contributed by atoms with Crippen LogP contribution in [0.2, 0.25) is 0 Å². The third-order valence-corrected chi connectivity index (χ3v) is 8.66. The maximum Gasteiger partial charge on any atom is 0.135 e. The number of para-hydroxylation sites is 2. The van der Waals surface area contributed by atoms with Gasteiger partial charge in [0, 0.05) is 28.9 Å². The van der Waals surface area contributed by atoms with Crippen LogP contribution in [0.5, 0.6) is 23.0 Å². The van der Waals surface area contributed by atoms with Crippen LogP contribution in [0.25, 0.3) is 16.7 Å².